The normalized spacial score (nSPS) is 11.2. The van der Waals surface area contributed by atoms with Crippen LogP contribution in [0.3, 0.4) is 0 Å². The molecule has 0 fully saturated rings. The molecule has 1 aromatic carbocycles. The van der Waals surface area contributed by atoms with Crippen LogP contribution in [0.15, 0.2) is 30.6 Å². The van der Waals surface area contributed by atoms with Gasteiger partial charge in [0.05, 0.1) is 0 Å². The van der Waals surface area contributed by atoms with Crippen molar-refractivity contribution in [1.82, 2.24) is 9.97 Å². The number of benzene rings is 1. The van der Waals surface area contributed by atoms with Gasteiger partial charge in [0, 0.05) is 18.0 Å². The number of unbranched alkanes of at least 4 members (excludes halogenated alkanes) is 12. The summed E-state index contributed by atoms with van der Waals surface area (Å²) in [5, 5.41) is 0. The van der Waals surface area contributed by atoms with Crippen LogP contribution in [0.25, 0.3) is 11.4 Å². The first kappa shape index (κ1) is 25.5. The lowest BCUT2D eigenvalue weighted by Gasteiger charge is -2.07. The summed E-state index contributed by atoms with van der Waals surface area (Å²) in [6.45, 7) is 4.49. The molecule has 1 aromatic heterocycles. The van der Waals surface area contributed by atoms with Gasteiger partial charge >= 0.3 is 0 Å². The Hall–Kier alpha value is -1.77. The maximum Gasteiger partial charge on any atom is 0.159 e. The second kappa shape index (κ2) is 15.9. The van der Waals surface area contributed by atoms with Crippen molar-refractivity contribution in [3.8, 4) is 11.4 Å². The molecule has 31 heavy (non-hydrogen) atoms. The van der Waals surface area contributed by atoms with E-state index in [1.165, 1.54) is 89.0 Å². The SMILES string of the molecule is CCCCCCCCCCc1cnc(-c2ccc(CCCCCCCC)c(F)c2)nc1. The van der Waals surface area contributed by atoms with Crippen molar-refractivity contribution in [2.45, 2.75) is 117 Å². The third kappa shape index (κ3) is 10.4. The van der Waals surface area contributed by atoms with E-state index in [9.17, 15) is 4.39 Å². The molecule has 0 aliphatic carbocycles. The number of hydrogen-bond acceptors (Lipinski definition) is 2. The van der Waals surface area contributed by atoms with E-state index in [0.717, 1.165) is 30.4 Å². The van der Waals surface area contributed by atoms with Gasteiger partial charge in [-0.3, -0.25) is 0 Å². The molecular formula is C28H43FN2. The van der Waals surface area contributed by atoms with Crippen LogP contribution in [0.1, 0.15) is 115 Å². The van der Waals surface area contributed by atoms with Crippen LogP contribution in [0.4, 0.5) is 4.39 Å². The third-order valence-electron chi connectivity index (χ3n) is 6.14. The first-order valence-electron chi connectivity index (χ1n) is 12.8. The van der Waals surface area contributed by atoms with E-state index >= 15 is 0 Å². The van der Waals surface area contributed by atoms with Crippen LogP contribution < -0.4 is 0 Å². The van der Waals surface area contributed by atoms with E-state index < -0.39 is 0 Å². The van der Waals surface area contributed by atoms with Crippen LogP contribution in [-0.4, -0.2) is 9.97 Å². The van der Waals surface area contributed by atoms with Gasteiger partial charge < -0.3 is 0 Å². The Bertz CT molecular complexity index is 711. The van der Waals surface area contributed by atoms with Crippen LogP contribution in [0, 0.1) is 5.82 Å². The molecule has 0 amide bonds. The van der Waals surface area contributed by atoms with Gasteiger partial charge in [-0.1, -0.05) is 103 Å². The van der Waals surface area contributed by atoms with Gasteiger partial charge in [-0.15, -0.1) is 0 Å². The van der Waals surface area contributed by atoms with Gasteiger partial charge in [-0.2, -0.15) is 0 Å². The lowest BCUT2D eigenvalue weighted by molar-refractivity contribution is 0.575. The predicted octanol–water partition coefficient (Wildman–Crippen LogP) is 8.87. The summed E-state index contributed by atoms with van der Waals surface area (Å²) < 4.78 is 14.5. The molecule has 2 rings (SSSR count). The average molecular weight is 427 g/mol. The van der Waals surface area contributed by atoms with E-state index in [1.54, 1.807) is 6.07 Å². The topological polar surface area (TPSA) is 25.8 Å². The van der Waals surface area contributed by atoms with Gasteiger partial charge in [0.15, 0.2) is 5.82 Å². The van der Waals surface area contributed by atoms with Crippen LogP contribution >= 0.6 is 0 Å². The maximum absolute atomic E-state index is 14.5. The molecule has 0 N–H and O–H groups in total. The fourth-order valence-electron chi connectivity index (χ4n) is 4.08. The molecule has 0 bridgehead atoms. The van der Waals surface area contributed by atoms with Crippen molar-refractivity contribution in [2.75, 3.05) is 0 Å². The Kier molecular flexibility index (Phi) is 13.1. The minimum Gasteiger partial charge on any atom is -0.236 e. The fraction of sp³-hybridized carbons (Fsp3) is 0.643. The number of aromatic nitrogens is 2. The zero-order valence-corrected chi connectivity index (χ0v) is 20.0. The van der Waals surface area contributed by atoms with E-state index in [-0.39, 0.29) is 5.82 Å². The Balaban J connectivity index is 1.72. The monoisotopic (exact) mass is 426 g/mol. The minimum absolute atomic E-state index is 0.127. The van der Waals surface area contributed by atoms with Crippen molar-refractivity contribution >= 4 is 0 Å². The van der Waals surface area contributed by atoms with Gasteiger partial charge in [0.25, 0.3) is 0 Å². The first-order valence-corrected chi connectivity index (χ1v) is 12.8. The van der Waals surface area contributed by atoms with E-state index in [2.05, 4.69) is 23.8 Å². The van der Waals surface area contributed by atoms with E-state index in [0.29, 0.717) is 5.82 Å². The molecule has 0 aliphatic rings. The molecule has 0 spiro atoms. The Morgan fingerprint density at radius 3 is 1.71 bits per heavy atom. The van der Waals surface area contributed by atoms with Crippen LogP contribution in [-0.2, 0) is 12.8 Å². The zero-order chi connectivity index (χ0) is 22.2. The Morgan fingerprint density at radius 1 is 0.645 bits per heavy atom. The highest BCUT2D eigenvalue weighted by Gasteiger charge is 2.08. The standard InChI is InChI=1S/C28H43FN2/c1-3-5-7-9-11-12-13-15-17-24-22-30-28(31-23-24)26-20-19-25(27(29)21-26)18-16-14-10-8-6-4-2/h19-23H,3-18H2,1-2H3. The van der Waals surface area contributed by atoms with Crippen molar-refractivity contribution in [1.29, 1.82) is 0 Å². The smallest absolute Gasteiger partial charge is 0.159 e. The summed E-state index contributed by atoms with van der Waals surface area (Å²) in [5.41, 5.74) is 2.75. The number of hydrogen-bond donors (Lipinski definition) is 0. The highest BCUT2D eigenvalue weighted by atomic mass is 19.1. The molecule has 0 unspecified atom stereocenters. The zero-order valence-electron chi connectivity index (χ0n) is 20.0. The highest BCUT2D eigenvalue weighted by molar-refractivity contribution is 5.55. The summed E-state index contributed by atoms with van der Waals surface area (Å²) in [5.74, 6) is 0.488. The minimum atomic E-state index is -0.127. The maximum atomic E-state index is 14.5. The molecule has 2 aromatic rings. The molecule has 0 aliphatic heterocycles. The molecule has 0 atom stereocenters. The van der Waals surface area contributed by atoms with Crippen LogP contribution in [0.2, 0.25) is 0 Å². The van der Waals surface area contributed by atoms with E-state index in [4.69, 9.17) is 0 Å². The van der Waals surface area contributed by atoms with Crippen molar-refractivity contribution in [2.24, 2.45) is 0 Å². The predicted molar refractivity (Wildman–Crippen MR) is 131 cm³/mol. The summed E-state index contributed by atoms with van der Waals surface area (Å²) in [6, 6.07) is 5.47. The third-order valence-corrected chi connectivity index (χ3v) is 6.14. The average Bonchev–Trinajstić information content (AvgIpc) is 2.79. The Labute approximate surface area is 190 Å². The summed E-state index contributed by atoms with van der Waals surface area (Å²) in [6.07, 6.45) is 23.6. The summed E-state index contributed by atoms with van der Waals surface area (Å²) in [4.78, 5) is 8.99. The number of rotatable bonds is 17. The molecule has 0 saturated carbocycles. The second-order valence-corrected chi connectivity index (χ2v) is 8.96. The molecular weight excluding hydrogens is 383 g/mol. The second-order valence-electron chi connectivity index (χ2n) is 8.96. The number of halogens is 1. The van der Waals surface area contributed by atoms with E-state index in [1.807, 2.05) is 24.5 Å². The lowest BCUT2D eigenvalue weighted by atomic mass is 10.0. The number of nitrogens with zero attached hydrogens (tertiary/aromatic N) is 2. The van der Waals surface area contributed by atoms with Gasteiger partial charge in [0.1, 0.15) is 5.82 Å². The van der Waals surface area contributed by atoms with Gasteiger partial charge in [-0.05, 0) is 42.9 Å². The molecule has 0 radical (unpaired) electrons. The van der Waals surface area contributed by atoms with Gasteiger partial charge in [-0.25, -0.2) is 14.4 Å². The summed E-state index contributed by atoms with van der Waals surface area (Å²) in [7, 11) is 0. The van der Waals surface area contributed by atoms with Crippen molar-refractivity contribution < 1.29 is 4.39 Å². The highest BCUT2D eigenvalue weighted by Crippen LogP contribution is 2.21. The molecule has 172 valence electrons. The molecule has 2 nitrogen and oxygen atoms in total. The molecule has 0 saturated heterocycles. The quantitative estimate of drug-likeness (QED) is 0.236. The van der Waals surface area contributed by atoms with Crippen molar-refractivity contribution in [3.05, 3.63) is 47.5 Å². The number of aryl methyl sites for hydroxylation is 2. The summed E-state index contributed by atoms with van der Waals surface area (Å²) >= 11 is 0. The van der Waals surface area contributed by atoms with Gasteiger partial charge in [0.2, 0.25) is 0 Å². The lowest BCUT2D eigenvalue weighted by Crippen LogP contribution is -1.96. The van der Waals surface area contributed by atoms with Crippen LogP contribution in [0.5, 0.6) is 0 Å². The van der Waals surface area contributed by atoms with Crippen molar-refractivity contribution in [3.63, 3.8) is 0 Å². The molecule has 1 heterocycles. The largest absolute Gasteiger partial charge is 0.236 e. The first-order chi connectivity index (χ1) is 15.2. The Morgan fingerprint density at radius 2 is 1.16 bits per heavy atom. The fourth-order valence-corrected chi connectivity index (χ4v) is 4.08. The molecule has 3 heteroatoms.